The second-order valence-corrected chi connectivity index (χ2v) is 4.52. The van der Waals surface area contributed by atoms with E-state index < -0.39 is 6.10 Å². The van der Waals surface area contributed by atoms with E-state index in [0.29, 0.717) is 5.56 Å². The predicted molar refractivity (Wildman–Crippen MR) is 79.2 cm³/mol. The smallest absolute Gasteiger partial charge is 0.165 e. The number of aliphatic hydroxyl groups is 1. The van der Waals surface area contributed by atoms with Crippen molar-refractivity contribution in [1.82, 2.24) is 0 Å². The lowest BCUT2D eigenvalue weighted by atomic mass is 10.1. The molecule has 0 fully saturated rings. The average molecular weight is 258 g/mol. The van der Waals surface area contributed by atoms with Crippen molar-refractivity contribution >= 4 is 5.78 Å². The summed E-state index contributed by atoms with van der Waals surface area (Å²) in [4.78, 5) is 11.8. The Kier molecular flexibility index (Phi) is 7.52. The van der Waals surface area contributed by atoms with Gasteiger partial charge in [0.05, 0.1) is 6.10 Å². The number of carbonyl (C=O) groups is 1. The Hall–Kier alpha value is -1.67. The molecule has 0 aromatic heterocycles. The standard InChI is InChI=1S/C17H22O2/c1-2-3-4-5-6-10-13-16(18)14-17(19)15-11-8-7-9-12-15/h5-13,16,18H,2-4,14H2,1H3/b6-5+,13-10+/t16-/m0/s1. The summed E-state index contributed by atoms with van der Waals surface area (Å²) in [5, 5.41) is 9.74. The van der Waals surface area contributed by atoms with Crippen LogP contribution in [0.5, 0.6) is 0 Å². The highest BCUT2D eigenvalue weighted by atomic mass is 16.3. The second kappa shape index (κ2) is 9.29. The van der Waals surface area contributed by atoms with E-state index in [2.05, 4.69) is 13.0 Å². The van der Waals surface area contributed by atoms with Crippen molar-refractivity contribution in [3.63, 3.8) is 0 Å². The van der Waals surface area contributed by atoms with Gasteiger partial charge in [-0.15, -0.1) is 0 Å². The first-order chi connectivity index (χ1) is 9.24. The molecule has 1 atom stereocenters. The van der Waals surface area contributed by atoms with Gasteiger partial charge in [0.2, 0.25) is 0 Å². The molecule has 0 amide bonds. The lowest BCUT2D eigenvalue weighted by Crippen LogP contribution is -2.10. The molecule has 0 saturated carbocycles. The van der Waals surface area contributed by atoms with E-state index in [1.165, 1.54) is 12.8 Å². The zero-order valence-electron chi connectivity index (χ0n) is 11.5. The van der Waals surface area contributed by atoms with Crippen LogP contribution in [0.25, 0.3) is 0 Å². The van der Waals surface area contributed by atoms with Gasteiger partial charge in [-0.05, 0) is 6.42 Å². The summed E-state index contributed by atoms with van der Waals surface area (Å²) in [5.41, 5.74) is 0.647. The van der Waals surface area contributed by atoms with E-state index in [9.17, 15) is 9.90 Å². The number of rotatable bonds is 8. The number of benzene rings is 1. The van der Waals surface area contributed by atoms with Crippen molar-refractivity contribution in [2.75, 3.05) is 0 Å². The minimum absolute atomic E-state index is 0.0345. The Morgan fingerprint density at radius 1 is 1.26 bits per heavy atom. The van der Waals surface area contributed by atoms with Crippen LogP contribution in [0.3, 0.4) is 0 Å². The summed E-state index contributed by atoms with van der Waals surface area (Å²) in [6.45, 7) is 2.16. The molecule has 0 unspecified atom stereocenters. The number of hydrogen-bond acceptors (Lipinski definition) is 2. The number of unbranched alkanes of at least 4 members (excludes halogenated alkanes) is 2. The molecule has 0 radical (unpaired) electrons. The van der Waals surface area contributed by atoms with E-state index in [1.54, 1.807) is 24.3 Å². The van der Waals surface area contributed by atoms with E-state index in [-0.39, 0.29) is 12.2 Å². The van der Waals surface area contributed by atoms with Crippen LogP contribution in [0.2, 0.25) is 0 Å². The van der Waals surface area contributed by atoms with Gasteiger partial charge < -0.3 is 5.11 Å². The maximum atomic E-state index is 11.8. The van der Waals surface area contributed by atoms with Gasteiger partial charge in [0.25, 0.3) is 0 Å². The zero-order valence-corrected chi connectivity index (χ0v) is 11.5. The number of Topliss-reactive ketones (excluding diaryl/α,β-unsaturated/α-hetero) is 1. The van der Waals surface area contributed by atoms with Gasteiger partial charge in [0, 0.05) is 12.0 Å². The third-order valence-corrected chi connectivity index (χ3v) is 2.80. The Morgan fingerprint density at radius 3 is 2.68 bits per heavy atom. The largest absolute Gasteiger partial charge is 0.389 e. The molecular weight excluding hydrogens is 236 g/mol. The first kappa shape index (κ1) is 15.4. The fourth-order valence-electron chi connectivity index (χ4n) is 1.69. The summed E-state index contributed by atoms with van der Waals surface area (Å²) >= 11 is 0. The fraction of sp³-hybridized carbons (Fsp3) is 0.353. The molecule has 0 heterocycles. The molecule has 0 saturated heterocycles. The number of ketones is 1. The zero-order chi connectivity index (χ0) is 13.9. The molecule has 0 aliphatic heterocycles. The number of allylic oxidation sites excluding steroid dienone is 3. The summed E-state index contributed by atoms with van der Waals surface area (Å²) in [5.74, 6) is -0.0345. The molecule has 2 nitrogen and oxygen atoms in total. The molecule has 1 aromatic rings. The topological polar surface area (TPSA) is 37.3 Å². The van der Waals surface area contributed by atoms with Crippen LogP contribution in [0.4, 0.5) is 0 Å². The maximum absolute atomic E-state index is 11.8. The van der Waals surface area contributed by atoms with Crippen LogP contribution in [-0.4, -0.2) is 17.0 Å². The monoisotopic (exact) mass is 258 g/mol. The third kappa shape index (κ3) is 6.73. The molecule has 0 aliphatic carbocycles. The highest BCUT2D eigenvalue weighted by Crippen LogP contribution is 2.06. The highest BCUT2D eigenvalue weighted by Gasteiger charge is 2.09. The van der Waals surface area contributed by atoms with E-state index in [4.69, 9.17) is 0 Å². The lowest BCUT2D eigenvalue weighted by Gasteiger charge is -2.04. The Morgan fingerprint density at radius 2 is 2.00 bits per heavy atom. The number of carbonyl (C=O) groups excluding carboxylic acids is 1. The fourth-order valence-corrected chi connectivity index (χ4v) is 1.69. The number of aliphatic hydroxyl groups excluding tert-OH is 1. The lowest BCUT2D eigenvalue weighted by molar-refractivity contribution is 0.0922. The molecule has 1 N–H and O–H groups in total. The van der Waals surface area contributed by atoms with Gasteiger partial charge in [-0.3, -0.25) is 4.79 Å². The molecule has 2 heteroatoms. The van der Waals surface area contributed by atoms with Crippen molar-refractivity contribution in [3.05, 3.63) is 60.2 Å². The van der Waals surface area contributed by atoms with Crippen LogP contribution in [0.15, 0.2) is 54.6 Å². The Balaban J connectivity index is 2.35. The van der Waals surface area contributed by atoms with Crippen LogP contribution >= 0.6 is 0 Å². The van der Waals surface area contributed by atoms with E-state index >= 15 is 0 Å². The van der Waals surface area contributed by atoms with Gasteiger partial charge in [0.15, 0.2) is 5.78 Å². The van der Waals surface area contributed by atoms with Crippen molar-refractivity contribution in [2.24, 2.45) is 0 Å². The molecule has 102 valence electrons. The maximum Gasteiger partial charge on any atom is 0.165 e. The minimum Gasteiger partial charge on any atom is -0.389 e. The van der Waals surface area contributed by atoms with Crippen LogP contribution in [-0.2, 0) is 0 Å². The Bertz CT molecular complexity index is 418. The van der Waals surface area contributed by atoms with Crippen molar-refractivity contribution in [2.45, 2.75) is 38.7 Å². The van der Waals surface area contributed by atoms with Gasteiger partial charge in [-0.2, -0.15) is 0 Å². The highest BCUT2D eigenvalue weighted by molar-refractivity contribution is 5.96. The van der Waals surface area contributed by atoms with Gasteiger partial charge >= 0.3 is 0 Å². The molecule has 1 rings (SSSR count). The molecule has 0 aliphatic rings. The van der Waals surface area contributed by atoms with Gasteiger partial charge in [-0.25, -0.2) is 0 Å². The molecule has 0 spiro atoms. The summed E-state index contributed by atoms with van der Waals surface area (Å²) in [6.07, 6.45) is 10.3. The van der Waals surface area contributed by atoms with Crippen LogP contribution in [0.1, 0.15) is 43.0 Å². The van der Waals surface area contributed by atoms with Crippen molar-refractivity contribution < 1.29 is 9.90 Å². The predicted octanol–water partition coefficient (Wildman–Crippen LogP) is 3.92. The first-order valence-corrected chi connectivity index (χ1v) is 6.83. The van der Waals surface area contributed by atoms with Crippen molar-refractivity contribution in [1.29, 1.82) is 0 Å². The summed E-state index contributed by atoms with van der Waals surface area (Å²) in [6, 6.07) is 9.05. The normalized spacial score (nSPS) is 13.2. The molecular formula is C17H22O2. The van der Waals surface area contributed by atoms with E-state index in [1.807, 2.05) is 24.3 Å². The quantitative estimate of drug-likeness (QED) is 0.436. The van der Waals surface area contributed by atoms with Crippen LogP contribution in [0, 0.1) is 0 Å². The molecule has 1 aromatic carbocycles. The SMILES string of the molecule is CCCC/C=C/C=C/[C@H](O)CC(=O)c1ccccc1. The Labute approximate surface area is 115 Å². The van der Waals surface area contributed by atoms with E-state index in [0.717, 1.165) is 6.42 Å². The van der Waals surface area contributed by atoms with Gasteiger partial charge in [-0.1, -0.05) is 74.4 Å². The number of hydrogen-bond donors (Lipinski definition) is 1. The second-order valence-electron chi connectivity index (χ2n) is 4.52. The first-order valence-electron chi connectivity index (χ1n) is 6.83. The van der Waals surface area contributed by atoms with Crippen molar-refractivity contribution in [3.8, 4) is 0 Å². The molecule has 19 heavy (non-hydrogen) atoms. The minimum atomic E-state index is -0.719. The average Bonchev–Trinajstić information content (AvgIpc) is 2.43. The third-order valence-electron chi connectivity index (χ3n) is 2.80. The summed E-state index contributed by atoms with van der Waals surface area (Å²) in [7, 11) is 0. The molecule has 0 bridgehead atoms. The summed E-state index contributed by atoms with van der Waals surface area (Å²) < 4.78 is 0. The van der Waals surface area contributed by atoms with Crippen LogP contribution < -0.4 is 0 Å². The van der Waals surface area contributed by atoms with Gasteiger partial charge in [0.1, 0.15) is 0 Å².